The van der Waals surface area contributed by atoms with Gasteiger partial charge in [-0.25, -0.2) is 0 Å². The van der Waals surface area contributed by atoms with E-state index in [4.69, 9.17) is 30.6 Å². The summed E-state index contributed by atoms with van der Waals surface area (Å²) in [6.07, 6.45) is 8.30. The first-order chi connectivity index (χ1) is 23.1. The Labute approximate surface area is 306 Å². The predicted molar refractivity (Wildman–Crippen MR) is 179 cm³/mol. The van der Waals surface area contributed by atoms with Gasteiger partial charge in [-0.15, -0.1) is 5.76 Å². The summed E-state index contributed by atoms with van der Waals surface area (Å²) in [6.45, 7) is 1.36. The molecule has 49 heavy (non-hydrogen) atoms. The summed E-state index contributed by atoms with van der Waals surface area (Å²) in [5.41, 5.74) is 4.46. The fourth-order valence-electron chi connectivity index (χ4n) is 4.23. The number of pyridine rings is 4. The van der Waals surface area contributed by atoms with Crippen LogP contribution in [0.15, 0.2) is 140 Å². The quantitative estimate of drug-likeness (QED) is 0.0476. The van der Waals surface area contributed by atoms with E-state index in [0.29, 0.717) is 5.56 Å². The molecule has 0 bridgehead atoms. The van der Waals surface area contributed by atoms with E-state index < -0.39 is 10.2 Å². The van der Waals surface area contributed by atoms with Gasteiger partial charge in [0, 0.05) is 51.9 Å². The van der Waals surface area contributed by atoms with E-state index >= 15 is 0 Å². The number of carbonyl (C=O) groups excluding carboxylic acids is 1. The minimum Gasteiger partial charge on any atom is -0.876 e. The monoisotopic (exact) mass is 784 g/mol. The summed E-state index contributed by atoms with van der Waals surface area (Å²) in [7, 11) is 0. The van der Waals surface area contributed by atoms with Crippen LogP contribution in [0.3, 0.4) is 0 Å². The first kappa shape index (κ1) is 39.3. The van der Waals surface area contributed by atoms with E-state index in [0.717, 1.165) is 49.7 Å². The second-order valence-electron chi connectivity index (χ2n) is 9.36. The van der Waals surface area contributed by atoms with Crippen molar-refractivity contribution in [2.75, 3.05) is 0 Å². The molecular formula is C34H25LaN6O8. The van der Waals surface area contributed by atoms with E-state index in [1.807, 2.05) is 30.3 Å². The van der Waals surface area contributed by atoms with Gasteiger partial charge in [0.15, 0.2) is 5.78 Å². The van der Waals surface area contributed by atoms with Crippen LogP contribution in [0.2, 0.25) is 0 Å². The Bertz CT molecular complexity index is 1940. The van der Waals surface area contributed by atoms with Crippen molar-refractivity contribution in [3.05, 3.63) is 176 Å². The molecule has 0 aliphatic rings. The second kappa shape index (κ2) is 20.4. The van der Waals surface area contributed by atoms with Crippen LogP contribution in [0.4, 0.5) is 0 Å². The molecule has 0 radical (unpaired) electrons. The first-order valence-corrected chi connectivity index (χ1v) is 13.8. The van der Waals surface area contributed by atoms with Crippen LogP contribution in [0.25, 0.3) is 43.6 Å². The number of rotatable bonds is 2. The van der Waals surface area contributed by atoms with Gasteiger partial charge in [-0.3, -0.25) is 24.7 Å². The predicted octanol–water partition coefficient (Wildman–Crippen LogP) is 6.22. The van der Waals surface area contributed by atoms with Crippen LogP contribution in [-0.2, 0) is 0 Å². The molecule has 7 aromatic rings. The van der Waals surface area contributed by atoms with Gasteiger partial charge < -0.3 is 35.7 Å². The molecule has 0 amide bonds. The average Bonchev–Trinajstić information content (AvgIpc) is 3.08. The standard InChI is InChI=1S/2C12H8N2.C10H10O2.La.2NO3/c2*1-3-9-5-6-10-4-2-8-14-12(10)11(9)13-7-1;1-8(11)7-10(12)9-5-3-2-4-6-9;;2*2-1(3)4/h2*1-8H;2-7,11H,1H3;;;/q;;;+3;2*-1/p-1/b;;8-7-;;;. The summed E-state index contributed by atoms with van der Waals surface area (Å²) in [4.78, 5) is 45.1. The number of allylic oxidation sites excluding steroid dienone is 2. The molecule has 15 heteroatoms. The molecule has 0 unspecified atom stereocenters. The van der Waals surface area contributed by atoms with Crippen molar-refractivity contribution in [1.82, 2.24) is 19.9 Å². The number of hydrogen-bond donors (Lipinski definition) is 0. The van der Waals surface area contributed by atoms with Crippen molar-refractivity contribution >= 4 is 49.4 Å². The maximum Gasteiger partial charge on any atom is 3.00 e. The van der Waals surface area contributed by atoms with E-state index in [-0.39, 0.29) is 47.1 Å². The van der Waals surface area contributed by atoms with E-state index in [9.17, 15) is 9.90 Å². The Hall–Kier alpha value is -5.90. The fraction of sp³-hybridized carbons (Fsp3) is 0.0294. The van der Waals surface area contributed by atoms with E-state index in [2.05, 4.69) is 68.5 Å². The third kappa shape index (κ3) is 13.0. The Morgan fingerprint density at radius 2 is 0.816 bits per heavy atom. The summed E-state index contributed by atoms with van der Waals surface area (Å²) < 4.78 is 0. The molecule has 0 atom stereocenters. The largest absolute Gasteiger partial charge is 3.00 e. The zero-order chi connectivity index (χ0) is 34.9. The van der Waals surface area contributed by atoms with Crippen molar-refractivity contribution in [2.24, 2.45) is 0 Å². The maximum absolute atomic E-state index is 11.2. The smallest absolute Gasteiger partial charge is 0.876 e. The number of aromatic nitrogens is 4. The Morgan fingerprint density at radius 1 is 0.531 bits per heavy atom. The van der Waals surface area contributed by atoms with Crippen LogP contribution >= 0.6 is 0 Å². The fourth-order valence-corrected chi connectivity index (χ4v) is 4.23. The van der Waals surface area contributed by atoms with Crippen molar-refractivity contribution < 1.29 is 55.7 Å². The van der Waals surface area contributed by atoms with Gasteiger partial charge in [0.1, 0.15) is 0 Å². The molecule has 3 aromatic carbocycles. The third-order valence-electron chi connectivity index (χ3n) is 6.08. The van der Waals surface area contributed by atoms with Gasteiger partial charge in [0.05, 0.1) is 32.2 Å². The zero-order valence-electron chi connectivity index (χ0n) is 25.7. The van der Waals surface area contributed by atoms with Crippen LogP contribution < -0.4 is 5.11 Å². The number of carbonyl (C=O) groups is 1. The van der Waals surface area contributed by atoms with Crippen LogP contribution in [0, 0.1) is 66.2 Å². The van der Waals surface area contributed by atoms with Gasteiger partial charge in [-0.2, -0.15) is 0 Å². The molecule has 0 spiro atoms. The molecule has 0 aliphatic heterocycles. The summed E-state index contributed by atoms with van der Waals surface area (Å²) in [6, 6.07) is 33.0. The van der Waals surface area contributed by atoms with E-state index in [1.54, 1.807) is 49.1 Å². The number of ketones is 1. The average molecular weight is 785 g/mol. The van der Waals surface area contributed by atoms with Crippen molar-refractivity contribution in [3.63, 3.8) is 0 Å². The Kier molecular flexibility index (Phi) is 16.3. The van der Waals surface area contributed by atoms with Gasteiger partial charge in [0.2, 0.25) is 0 Å². The number of fused-ring (bicyclic) bond motifs is 6. The molecule has 0 N–H and O–H groups in total. The Balaban J connectivity index is 0.000000229. The van der Waals surface area contributed by atoms with Gasteiger partial charge in [-0.1, -0.05) is 85.8 Å². The molecule has 4 heterocycles. The third-order valence-corrected chi connectivity index (χ3v) is 6.08. The number of nitrogens with zero attached hydrogens (tertiary/aromatic N) is 6. The minimum atomic E-state index is -1.75. The molecule has 0 saturated carbocycles. The van der Waals surface area contributed by atoms with E-state index in [1.165, 1.54) is 6.92 Å². The van der Waals surface area contributed by atoms with Crippen molar-refractivity contribution in [2.45, 2.75) is 6.92 Å². The van der Waals surface area contributed by atoms with Crippen LogP contribution in [0.1, 0.15) is 17.3 Å². The first-order valence-electron chi connectivity index (χ1n) is 13.8. The second-order valence-corrected chi connectivity index (χ2v) is 9.36. The molecule has 7 rings (SSSR count). The molecule has 0 aliphatic carbocycles. The summed E-state index contributed by atoms with van der Waals surface area (Å²) in [5.74, 6) is -0.452. The summed E-state index contributed by atoms with van der Waals surface area (Å²) >= 11 is 0. The zero-order valence-corrected chi connectivity index (χ0v) is 29.4. The Morgan fingerprint density at radius 3 is 1.08 bits per heavy atom. The molecular weight excluding hydrogens is 759 g/mol. The minimum absolute atomic E-state index is 0. The topological polar surface area (TPSA) is 224 Å². The number of hydrogen-bond acceptors (Lipinski definition) is 12. The number of benzene rings is 3. The maximum atomic E-state index is 11.2. The van der Waals surface area contributed by atoms with Crippen LogP contribution in [-0.4, -0.2) is 35.9 Å². The normalized spacial score (nSPS) is 9.94. The van der Waals surface area contributed by atoms with Gasteiger partial charge in [-0.05, 0) is 30.3 Å². The van der Waals surface area contributed by atoms with Gasteiger partial charge in [0.25, 0.3) is 0 Å². The molecule has 0 saturated heterocycles. The van der Waals surface area contributed by atoms with Crippen molar-refractivity contribution in [3.8, 4) is 0 Å². The summed E-state index contributed by atoms with van der Waals surface area (Å²) in [5, 5.41) is 44.6. The van der Waals surface area contributed by atoms with Crippen molar-refractivity contribution in [1.29, 1.82) is 0 Å². The molecule has 242 valence electrons. The molecule has 4 aromatic heterocycles. The SMILES string of the molecule is C/C([O-])=C/C(=O)c1ccccc1.O=[N+]([O-])[O-].O=[N+]([O-])[O-].[La+3].c1cnc2c(c1)ccc1cccnc12.c1cnc2c(c1)ccc1cccnc12. The van der Waals surface area contributed by atoms with Gasteiger partial charge >= 0.3 is 35.6 Å². The molecule has 0 fully saturated rings. The van der Waals surface area contributed by atoms with Crippen LogP contribution in [0.5, 0.6) is 0 Å². The molecule has 14 nitrogen and oxygen atoms in total.